The van der Waals surface area contributed by atoms with Gasteiger partial charge < -0.3 is 10.3 Å². The van der Waals surface area contributed by atoms with Crippen molar-refractivity contribution in [3.8, 4) is 11.1 Å². The van der Waals surface area contributed by atoms with Gasteiger partial charge in [-0.1, -0.05) is 42.8 Å². The lowest BCUT2D eigenvalue weighted by molar-refractivity contribution is 0.910. The summed E-state index contributed by atoms with van der Waals surface area (Å²) in [5.74, 6) is 0. The van der Waals surface area contributed by atoms with Crippen molar-refractivity contribution in [2.24, 2.45) is 7.05 Å². The Bertz CT molecular complexity index is 928. The first kappa shape index (κ1) is 14.7. The zero-order chi connectivity index (χ0) is 15.9. The zero-order valence-electron chi connectivity index (χ0n) is 12.6. The minimum atomic E-state index is -0.202. The van der Waals surface area contributed by atoms with Gasteiger partial charge in [0.15, 0.2) is 0 Å². The van der Waals surface area contributed by atoms with Gasteiger partial charge in [0.05, 0.1) is 5.52 Å². The molecule has 4 heteroatoms. The molecule has 0 aliphatic rings. The molecule has 2 aromatic carbocycles. The molecule has 0 amide bonds. The van der Waals surface area contributed by atoms with E-state index >= 15 is 0 Å². The molecule has 0 spiro atoms. The molecule has 0 fully saturated rings. The molecule has 2 N–H and O–H groups in total. The van der Waals surface area contributed by atoms with Gasteiger partial charge in [-0.15, -0.1) is 0 Å². The molecule has 3 aromatic rings. The average molecular weight is 313 g/mol. The van der Waals surface area contributed by atoms with Crippen LogP contribution < -0.4 is 11.3 Å². The SMILES string of the molecule is CCc1ccc2c(c1)c(-c1ccccc1Cl)c(N)c(=O)n2C. The number of nitrogens with two attached hydrogens (primary N) is 1. The van der Waals surface area contributed by atoms with Crippen molar-refractivity contribution < 1.29 is 0 Å². The first-order chi connectivity index (χ1) is 10.5. The lowest BCUT2D eigenvalue weighted by Crippen LogP contribution is -2.21. The second kappa shape index (κ2) is 5.50. The number of nitrogen functional groups attached to an aromatic ring is 1. The van der Waals surface area contributed by atoms with Crippen LogP contribution >= 0.6 is 11.6 Å². The van der Waals surface area contributed by atoms with Crippen LogP contribution in [0.2, 0.25) is 5.02 Å². The summed E-state index contributed by atoms with van der Waals surface area (Å²) in [5.41, 5.74) is 9.74. The molecule has 3 nitrogen and oxygen atoms in total. The monoisotopic (exact) mass is 312 g/mol. The van der Waals surface area contributed by atoms with Crippen LogP contribution in [-0.2, 0) is 13.5 Å². The van der Waals surface area contributed by atoms with Crippen LogP contribution in [0, 0.1) is 0 Å². The summed E-state index contributed by atoms with van der Waals surface area (Å²) in [6.07, 6.45) is 0.917. The largest absolute Gasteiger partial charge is 0.394 e. The highest BCUT2D eigenvalue weighted by molar-refractivity contribution is 6.34. The fourth-order valence-corrected chi connectivity index (χ4v) is 3.02. The Morgan fingerprint density at radius 3 is 2.59 bits per heavy atom. The van der Waals surface area contributed by atoms with E-state index in [-0.39, 0.29) is 11.2 Å². The van der Waals surface area contributed by atoms with Gasteiger partial charge in [0, 0.05) is 28.6 Å². The molecular weight excluding hydrogens is 296 g/mol. The number of hydrogen-bond donors (Lipinski definition) is 1. The number of aryl methyl sites for hydroxylation is 2. The number of anilines is 1. The predicted molar refractivity (Wildman–Crippen MR) is 93.4 cm³/mol. The van der Waals surface area contributed by atoms with E-state index in [9.17, 15) is 4.79 Å². The third-order valence-electron chi connectivity index (χ3n) is 4.05. The Morgan fingerprint density at radius 2 is 1.91 bits per heavy atom. The fourth-order valence-electron chi connectivity index (χ4n) is 2.79. The fraction of sp³-hybridized carbons (Fsp3) is 0.167. The first-order valence-electron chi connectivity index (χ1n) is 7.20. The molecular formula is C18H17ClN2O. The number of halogens is 1. The van der Waals surface area contributed by atoms with Crippen molar-refractivity contribution in [2.45, 2.75) is 13.3 Å². The van der Waals surface area contributed by atoms with Crippen LogP contribution in [0.3, 0.4) is 0 Å². The van der Waals surface area contributed by atoms with Crippen LogP contribution in [0.4, 0.5) is 5.69 Å². The van der Waals surface area contributed by atoms with E-state index in [4.69, 9.17) is 17.3 Å². The maximum absolute atomic E-state index is 12.4. The third kappa shape index (κ3) is 2.18. The van der Waals surface area contributed by atoms with Gasteiger partial charge >= 0.3 is 0 Å². The molecule has 22 heavy (non-hydrogen) atoms. The molecule has 1 heterocycles. The summed E-state index contributed by atoms with van der Waals surface area (Å²) in [5, 5.41) is 1.54. The molecule has 0 saturated carbocycles. The first-order valence-corrected chi connectivity index (χ1v) is 7.58. The van der Waals surface area contributed by atoms with E-state index in [1.165, 1.54) is 5.56 Å². The normalized spacial score (nSPS) is 11.0. The van der Waals surface area contributed by atoms with Crippen LogP contribution in [0.15, 0.2) is 47.3 Å². The third-order valence-corrected chi connectivity index (χ3v) is 4.38. The van der Waals surface area contributed by atoms with Gasteiger partial charge in [-0.3, -0.25) is 4.79 Å². The van der Waals surface area contributed by atoms with E-state index < -0.39 is 0 Å². The molecule has 0 radical (unpaired) electrons. The van der Waals surface area contributed by atoms with E-state index in [1.54, 1.807) is 11.6 Å². The zero-order valence-corrected chi connectivity index (χ0v) is 13.3. The van der Waals surface area contributed by atoms with Gasteiger partial charge in [-0.2, -0.15) is 0 Å². The van der Waals surface area contributed by atoms with Crippen molar-refractivity contribution in [1.82, 2.24) is 4.57 Å². The molecule has 0 aliphatic heterocycles. The second-order valence-corrected chi connectivity index (χ2v) is 5.74. The highest BCUT2D eigenvalue weighted by atomic mass is 35.5. The van der Waals surface area contributed by atoms with Crippen LogP contribution in [0.25, 0.3) is 22.0 Å². The maximum atomic E-state index is 12.4. The average Bonchev–Trinajstić information content (AvgIpc) is 2.54. The van der Waals surface area contributed by atoms with Gasteiger partial charge in [-0.25, -0.2) is 0 Å². The number of nitrogens with zero attached hydrogens (tertiary/aromatic N) is 1. The van der Waals surface area contributed by atoms with Crippen LogP contribution in [0.1, 0.15) is 12.5 Å². The topological polar surface area (TPSA) is 48.0 Å². The minimum absolute atomic E-state index is 0.202. The molecule has 0 unspecified atom stereocenters. The summed E-state index contributed by atoms with van der Waals surface area (Å²) in [6.45, 7) is 2.10. The summed E-state index contributed by atoms with van der Waals surface area (Å²) < 4.78 is 1.59. The molecule has 112 valence electrons. The number of aromatic nitrogens is 1. The van der Waals surface area contributed by atoms with E-state index in [0.717, 1.165) is 28.5 Å². The van der Waals surface area contributed by atoms with Crippen LogP contribution in [0.5, 0.6) is 0 Å². The van der Waals surface area contributed by atoms with E-state index in [0.29, 0.717) is 5.02 Å². The Labute approximate surface area is 133 Å². The number of benzene rings is 2. The summed E-state index contributed by atoms with van der Waals surface area (Å²) in [7, 11) is 1.74. The lowest BCUT2D eigenvalue weighted by Gasteiger charge is -2.15. The van der Waals surface area contributed by atoms with Crippen molar-refractivity contribution in [3.05, 3.63) is 63.4 Å². The van der Waals surface area contributed by atoms with Crippen molar-refractivity contribution >= 4 is 28.2 Å². The Morgan fingerprint density at radius 1 is 1.18 bits per heavy atom. The van der Waals surface area contributed by atoms with Gasteiger partial charge in [-0.05, 0) is 30.2 Å². The Balaban J connectivity index is 2.52. The second-order valence-electron chi connectivity index (χ2n) is 5.34. The Hall–Kier alpha value is -2.26. The van der Waals surface area contributed by atoms with Crippen molar-refractivity contribution in [2.75, 3.05) is 5.73 Å². The molecule has 0 aliphatic carbocycles. The standard InChI is InChI=1S/C18H17ClN2O/c1-3-11-8-9-15-13(10-11)16(17(20)18(22)21(15)2)12-6-4-5-7-14(12)19/h4-10H,3,20H2,1-2H3. The molecule has 1 aromatic heterocycles. The molecule has 0 bridgehead atoms. The number of hydrogen-bond acceptors (Lipinski definition) is 2. The molecule has 0 saturated heterocycles. The molecule has 3 rings (SSSR count). The highest BCUT2D eigenvalue weighted by Gasteiger charge is 2.16. The summed E-state index contributed by atoms with van der Waals surface area (Å²) >= 11 is 6.33. The van der Waals surface area contributed by atoms with E-state index in [2.05, 4.69) is 13.0 Å². The van der Waals surface area contributed by atoms with Gasteiger partial charge in [0.2, 0.25) is 0 Å². The quantitative estimate of drug-likeness (QED) is 0.777. The van der Waals surface area contributed by atoms with Crippen molar-refractivity contribution in [1.29, 1.82) is 0 Å². The predicted octanol–water partition coefficient (Wildman–Crippen LogP) is 4.00. The smallest absolute Gasteiger partial charge is 0.274 e. The number of fused-ring (bicyclic) bond motifs is 1. The maximum Gasteiger partial charge on any atom is 0.274 e. The lowest BCUT2D eigenvalue weighted by atomic mass is 9.97. The van der Waals surface area contributed by atoms with Crippen molar-refractivity contribution in [3.63, 3.8) is 0 Å². The minimum Gasteiger partial charge on any atom is -0.394 e. The number of pyridine rings is 1. The van der Waals surface area contributed by atoms with Gasteiger partial charge in [0.1, 0.15) is 5.69 Å². The molecule has 0 atom stereocenters. The highest BCUT2D eigenvalue weighted by Crippen LogP contribution is 2.36. The summed E-state index contributed by atoms with van der Waals surface area (Å²) in [6, 6.07) is 13.6. The van der Waals surface area contributed by atoms with Crippen LogP contribution in [-0.4, -0.2) is 4.57 Å². The summed E-state index contributed by atoms with van der Waals surface area (Å²) in [4.78, 5) is 12.4. The van der Waals surface area contributed by atoms with E-state index in [1.807, 2.05) is 36.4 Å². The Kier molecular flexibility index (Phi) is 3.67. The van der Waals surface area contributed by atoms with Gasteiger partial charge in [0.25, 0.3) is 5.56 Å². The number of rotatable bonds is 2.